The molecule has 2 rings (SSSR count). The molecule has 0 saturated carbocycles. The van der Waals surface area contributed by atoms with Crippen LogP contribution in [0.15, 0.2) is 24.3 Å². The van der Waals surface area contributed by atoms with Crippen LogP contribution in [0.4, 0.5) is 4.39 Å². The van der Waals surface area contributed by atoms with Crippen LogP contribution in [-0.4, -0.2) is 43.1 Å². The maximum Gasteiger partial charge on any atom is 0.223 e. The van der Waals surface area contributed by atoms with Gasteiger partial charge in [-0.05, 0) is 57.1 Å². The molecule has 124 valence electrons. The van der Waals surface area contributed by atoms with Gasteiger partial charge in [-0.25, -0.2) is 4.39 Å². The fourth-order valence-electron chi connectivity index (χ4n) is 2.64. The molecule has 0 bridgehead atoms. The van der Waals surface area contributed by atoms with Crippen molar-refractivity contribution in [2.75, 3.05) is 26.2 Å². The van der Waals surface area contributed by atoms with Gasteiger partial charge in [0.1, 0.15) is 18.2 Å². The number of terminal acetylenes is 1. The number of ether oxygens (including phenoxy) is 1. The van der Waals surface area contributed by atoms with Gasteiger partial charge in [0.25, 0.3) is 0 Å². The molecule has 1 aromatic rings. The summed E-state index contributed by atoms with van der Waals surface area (Å²) in [6, 6.07) is 5.75. The fraction of sp³-hybridized carbons (Fsp3) is 0.500. The predicted molar refractivity (Wildman–Crippen MR) is 87.5 cm³/mol. The van der Waals surface area contributed by atoms with Crippen molar-refractivity contribution in [3.05, 3.63) is 30.1 Å². The average Bonchev–Trinajstić information content (AvgIpc) is 2.55. The Morgan fingerprint density at radius 3 is 2.70 bits per heavy atom. The van der Waals surface area contributed by atoms with Crippen molar-refractivity contribution in [1.82, 2.24) is 10.2 Å². The summed E-state index contributed by atoms with van der Waals surface area (Å²) < 4.78 is 18.4. The van der Waals surface area contributed by atoms with E-state index in [1.165, 1.54) is 12.1 Å². The van der Waals surface area contributed by atoms with Gasteiger partial charge in [-0.2, -0.15) is 0 Å². The number of amides is 1. The fourth-order valence-corrected chi connectivity index (χ4v) is 2.64. The summed E-state index contributed by atoms with van der Waals surface area (Å²) in [4.78, 5) is 14.4. The van der Waals surface area contributed by atoms with Crippen LogP contribution in [0.1, 0.15) is 19.8 Å². The van der Waals surface area contributed by atoms with Gasteiger partial charge < -0.3 is 10.1 Å². The molecule has 1 amide bonds. The minimum atomic E-state index is -0.296. The molecule has 5 heteroatoms. The topological polar surface area (TPSA) is 41.6 Å². The zero-order valence-corrected chi connectivity index (χ0v) is 13.4. The van der Waals surface area contributed by atoms with E-state index >= 15 is 0 Å². The van der Waals surface area contributed by atoms with Crippen molar-refractivity contribution in [2.24, 2.45) is 5.92 Å². The van der Waals surface area contributed by atoms with E-state index in [1.807, 2.05) is 6.92 Å². The first-order valence-corrected chi connectivity index (χ1v) is 7.93. The molecule has 1 aliphatic heterocycles. The number of carbonyl (C=O) groups is 1. The Hall–Kier alpha value is -2.06. The molecule has 0 aromatic heterocycles. The van der Waals surface area contributed by atoms with Gasteiger partial charge in [0.05, 0.1) is 12.6 Å². The Labute approximate surface area is 137 Å². The molecule has 0 aliphatic carbocycles. The summed E-state index contributed by atoms with van der Waals surface area (Å²) in [6.45, 7) is 4.63. The van der Waals surface area contributed by atoms with Crippen LogP contribution in [0.3, 0.4) is 0 Å². The second kappa shape index (κ2) is 8.54. The van der Waals surface area contributed by atoms with Gasteiger partial charge >= 0.3 is 0 Å². The molecular weight excluding hydrogens is 295 g/mol. The molecular formula is C18H23FN2O2. The normalized spacial score (nSPS) is 17.3. The third-order valence-corrected chi connectivity index (χ3v) is 3.98. The van der Waals surface area contributed by atoms with Crippen LogP contribution in [0, 0.1) is 24.1 Å². The molecule has 1 aliphatic rings. The van der Waals surface area contributed by atoms with Crippen LogP contribution in [0.25, 0.3) is 0 Å². The van der Waals surface area contributed by atoms with Gasteiger partial charge in [-0.15, -0.1) is 6.42 Å². The first kappa shape index (κ1) is 17.3. The van der Waals surface area contributed by atoms with Crippen LogP contribution >= 0.6 is 0 Å². The third-order valence-electron chi connectivity index (χ3n) is 3.98. The molecule has 1 heterocycles. The van der Waals surface area contributed by atoms with Crippen molar-refractivity contribution >= 4 is 5.91 Å². The first-order valence-electron chi connectivity index (χ1n) is 7.93. The standard InChI is InChI=1S/C18H23FN2O2/c1-3-10-21-11-8-15(9-12-21)18(22)20-14(2)13-23-17-6-4-16(19)5-7-17/h1,4-7,14-15H,8-13H2,2H3,(H,20,22)/t14-/m1/s1. The largest absolute Gasteiger partial charge is 0.491 e. The summed E-state index contributed by atoms with van der Waals surface area (Å²) in [5, 5.41) is 2.98. The number of hydrogen-bond acceptors (Lipinski definition) is 3. The van der Waals surface area contributed by atoms with Gasteiger partial charge in [-0.3, -0.25) is 9.69 Å². The summed E-state index contributed by atoms with van der Waals surface area (Å²) >= 11 is 0. The van der Waals surface area contributed by atoms with E-state index in [0.717, 1.165) is 25.9 Å². The molecule has 23 heavy (non-hydrogen) atoms. The number of nitrogens with one attached hydrogen (secondary N) is 1. The molecule has 0 spiro atoms. The quantitative estimate of drug-likeness (QED) is 0.816. The Morgan fingerprint density at radius 2 is 2.09 bits per heavy atom. The number of halogens is 1. The third kappa shape index (κ3) is 5.57. The number of likely N-dealkylation sites (tertiary alicyclic amines) is 1. The van der Waals surface area contributed by atoms with E-state index in [2.05, 4.69) is 16.1 Å². The monoisotopic (exact) mass is 318 g/mol. The van der Waals surface area contributed by atoms with E-state index in [-0.39, 0.29) is 23.7 Å². The van der Waals surface area contributed by atoms with Crippen molar-refractivity contribution in [3.63, 3.8) is 0 Å². The van der Waals surface area contributed by atoms with E-state index in [1.54, 1.807) is 12.1 Å². The molecule has 0 radical (unpaired) electrons. The van der Waals surface area contributed by atoms with Crippen LogP contribution in [0.2, 0.25) is 0 Å². The average molecular weight is 318 g/mol. The molecule has 4 nitrogen and oxygen atoms in total. The van der Waals surface area contributed by atoms with E-state index < -0.39 is 0 Å². The molecule has 1 atom stereocenters. The molecule has 0 unspecified atom stereocenters. The summed E-state index contributed by atoms with van der Waals surface area (Å²) in [7, 11) is 0. The Bertz CT molecular complexity index is 545. The minimum absolute atomic E-state index is 0.0392. The number of benzene rings is 1. The van der Waals surface area contributed by atoms with Crippen molar-refractivity contribution in [1.29, 1.82) is 0 Å². The zero-order valence-electron chi connectivity index (χ0n) is 13.4. The summed E-state index contributed by atoms with van der Waals surface area (Å²) in [6.07, 6.45) is 6.97. The number of carbonyl (C=O) groups excluding carboxylic acids is 1. The van der Waals surface area contributed by atoms with Crippen molar-refractivity contribution < 1.29 is 13.9 Å². The lowest BCUT2D eigenvalue weighted by Gasteiger charge is -2.30. The zero-order chi connectivity index (χ0) is 16.7. The van der Waals surface area contributed by atoms with Crippen LogP contribution in [0.5, 0.6) is 5.75 Å². The lowest BCUT2D eigenvalue weighted by molar-refractivity contribution is -0.127. The van der Waals surface area contributed by atoms with Crippen LogP contribution in [-0.2, 0) is 4.79 Å². The number of nitrogens with zero attached hydrogens (tertiary/aromatic N) is 1. The predicted octanol–water partition coefficient (Wildman–Crippen LogP) is 2.05. The van der Waals surface area contributed by atoms with Crippen molar-refractivity contribution in [3.8, 4) is 18.1 Å². The highest BCUT2D eigenvalue weighted by atomic mass is 19.1. The second-order valence-corrected chi connectivity index (χ2v) is 5.93. The van der Waals surface area contributed by atoms with E-state index in [4.69, 9.17) is 11.2 Å². The maximum absolute atomic E-state index is 12.8. The lowest BCUT2D eigenvalue weighted by Crippen LogP contribution is -2.44. The number of piperidine rings is 1. The summed E-state index contributed by atoms with van der Waals surface area (Å²) in [5.41, 5.74) is 0. The van der Waals surface area contributed by atoms with Gasteiger partial charge in [0, 0.05) is 5.92 Å². The summed E-state index contributed by atoms with van der Waals surface area (Å²) in [5.74, 6) is 3.04. The Balaban J connectivity index is 1.70. The molecule has 1 saturated heterocycles. The molecule has 1 N–H and O–H groups in total. The SMILES string of the molecule is C#CCN1CCC(C(=O)N[C@H](C)COc2ccc(F)cc2)CC1. The lowest BCUT2D eigenvalue weighted by atomic mass is 9.95. The minimum Gasteiger partial charge on any atom is -0.491 e. The second-order valence-electron chi connectivity index (χ2n) is 5.93. The number of rotatable bonds is 6. The number of hydrogen-bond donors (Lipinski definition) is 1. The first-order chi connectivity index (χ1) is 11.1. The highest BCUT2D eigenvalue weighted by molar-refractivity contribution is 5.79. The van der Waals surface area contributed by atoms with E-state index in [0.29, 0.717) is 18.9 Å². The highest BCUT2D eigenvalue weighted by Crippen LogP contribution is 2.17. The highest BCUT2D eigenvalue weighted by Gasteiger charge is 2.25. The smallest absolute Gasteiger partial charge is 0.223 e. The van der Waals surface area contributed by atoms with Crippen LogP contribution < -0.4 is 10.1 Å². The molecule has 1 aromatic carbocycles. The van der Waals surface area contributed by atoms with Gasteiger partial charge in [0.2, 0.25) is 5.91 Å². The van der Waals surface area contributed by atoms with Crippen molar-refractivity contribution in [2.45, 2.75) is 25.8 Å². The Morgan fingerprint density at radius 1 is 1.43 bits per heavy atom. The molecule has 1 fully saturated rings. The van der Waals surface area contributed by atoms with Gasteiger partial charge in [0.15, 0.2) is 0 Å². The maximum atomic E-state index is 12.8. The van der Waals surface area contributed by atoms with E-state index in [9.17, 15) is 9.18 Å². The Kier molecular flexibility index (Phi) is 6.42. The van der Waals surface area contributed by atoms with Gasteiger partial charge in [-0.1, -0.05) is 5.92 Å².